The molecule has 122 valence electrons. The highest BCUT2D eigenvalue weighted by Gasteiger charge is 2.39. The second-order valence-electron chi connectivity index (χ2n) is 5.20. The van der Waals surface area contributed by atoms with Gasteiger partial charge in [-0.2, -0.15) is 13.2 Å². The fourth-order valence-electron chi connectivity index (χ4n) is 2.61. The first-order valence-corrected chi connectivity index (χ1v) is 6.95. The third kappa shape index (κ3) is 2.68. The van der Waals surface area contributed by atoms with Crippen LogP contribution >= 0.6 is 0 Å². The SMILES string of the molecule is Cc1ncc2cc(C(=O)O)c(C(F)(F)F)c(-c3ccccc3)c2n1. The van der Waals surface area contributed by atoms with E-state index in [4.69, 9.17) is 0 Å². The summed E-state index contributed by atoms with van der Waals surface area (Å²) in [6.45, 7) is 1.56. The van der Waals surface area contributed by atoms with Crippen LogP contribution in [0.4, 0.5) is 13.2 Å². The number of rotatable bonds is 2. The maximum Gasteiger partial charge on any atom is 0.417 e. The molecule has 2 aromatic carbocycles. The molecule has 0 amide bonds. The number of hydrogen-bond acceptors (Lipinski definition) is 3. The minimum absolute atomic E-state index is 0.0750. The Morgan fingerprint density at radius 2 is 1.83 bits per heavy atom. The van der Waals surface area contributed by atoms with Gasteiger partial charge in [-0.1, -0.05) is 30.3 Å². The highest BCUT2D eigenvalue weighted by molar-refractivity contribution is 6.03. The van der Waals surface area contributed by atoms with Gasteiger partial charge in [-0.25, -0.2) is 14.8 Å². The van der Waals surface area contributed by atoms with Crippen LogP contribution in [0.5, 0.6) is 0 Å². The minimum Gasteiger partial charge on any atom is -0.478 e. The van der Waals surface area contributed by atoms with Crippen molar-refractivity contribution >= 4 is 16.9 Å². The Labute approximate surface area is 134 Å². The summed E-state index contributed by atoms with van der Waals surface area (Å²) in [4.78, 5) is 19.5. The molecule has 0 spiro atoms. The maximum absolute atomic E-state index is 13.7. The Balaban J connectivity index is 2.56. The van der Waals surface area contributed by atoms with E-state index in [1.165, 1.54) is 18.3 Å². The number of benzene rings is 2. The third-order valence-corrected chi connectivity index (χ3v) is 3.57. The monoisotopic (exact) mass is 332 g/mol. The van der Waals surface area contributed by atoms with Gasteiger partial charge >= 0.3 is 12.1 Å². The van der Waals surface area contributed by atoms with E-state index in [-0.39, 0.29) is 22.0 Å². The minimum atomic E-state index is -4.84. The lowest BCUT2D eigenvalue weighted by molar-refractivity contribution is -0.137. The van der Waals surface area contributed by atoms with Crippen LogP contribution in [0.2, 0.25) is 0 Å². The number of halogens is 3. The molecule has 0 aliphatic rings. The summed E-state index contributed by atoms with van der Waals surface area (Å²) in [7, 11) is 0. The van der Waals surface area contributed by atoms with Gasteiger partial charge < -0.3 is 5.11 Å². The van der Waals surface area contributed by atoms with Crippen molar-refractivity contribution in [1.82, 2.24) is 9.97 Å². The molecule has 0 saturated heterocycles. The molecule has 0 aliphatic heterocycles. The van der Waals surface area contributed by atoms with Crippen molar-refractivity contribution in [2.24, 2.45) is 0 Å². The molecular formula is C17H11F3N2O2. The molecule has 1 heterocycles. The first-order chi connectivity index (χ1) is 11.3. The lowest BCUT2D eigenvalue weighted by atomic mass is 9.92. The number of aromatic nitrogens is 2. The van der Waals surface area contributed by atoms with E-state index in [1.807, 2.05) is 0 Å². The summed E-state index contributed by atoms with van der Waals surface area (Å²) >= 11 is 0. The molecular weight excluding hydrogens is 321 g/mol. The van der Waals surface area contributed by atoms with E-state index in [1.54, 1.807) is 25.1 Å². The van der Waals surface area contributed by atoms with Crippen LogP contribution in [0, 0.1) is 6.92 Å². The molecule has 0 fully saturated rings. The molecule has 3 rings (SSSR count). The summed E-state index contributed by atoms with van der Waals surface area (Å²) in [5.41, 5.74) is -1.95. The van der Waals surface area contributed by atoms with E-state index in [9.17, 15) is 23.1 Å². The standard InChI is InChI=1S/C17H11F3N2O2/c1-9-21-8-11-7-12(16(23)24)14(17(18,19)20)13(15(11)22-9)10-5-3-2-4-6-10/h2-8H,1H3,(H,23,24). The van der Waals surface area contributed by atoms with Gasteiger partial charge in [-0.3, -0.25) is 0 Å². The fourth-order valence-corrected chi connectivity index (χ4v) is 2.61. The fraction of sp³-hybridized carbons (Fsp3) is 0.118. The van der Waals surface area contributed by atoms with Crippen molar-refractivity contribution in [2.45, 2.75) is 13.1 Å². The Kier molecular flexibility index (Phi) is 3.71. The smallest absolute Gasteiger partial charge is 0.417 e. The number of alkyl halides is 3. The summed E-state index contributed by atoms with van der Waals surface area (Å²) < 4.78 is 41.0. The van der Waals surface area contributed by atoms with Crippen LogP contribution in [0.25, 0.3) is 22.0 Å². The maximum atomic E-state index is 13.7. The highest BCUT2D eigenvalue weighted by Crippen LogP contribution is 2.42. The van der Waals surface area contributed by atoms with Gasteiger partial charge in [0.15, 0.2) is 0 Å². The van der Waals surface area contributed by atoms with Crippen molar-refractivity contribution in [1.29, 1.82) is 0 Å². The molecule has 0 saturated carbocycles. The summed E-state index contributed by atoms with van der Waals surface area (Å²) in [6, 6.07) is 8.79. The van der Waals surface area contributed by atoms with Gasteiger partial charge in [0.1, 0.15) is 5.82 Å². The van der Waals surface area contributed by atoms with Crippen molar-refractivity contribution in [2.75, 3.05) is 0 Å². The number of carbonyl (C=O) groups is 1. The van der Waals surface area contributed by atoms with Crippen molar-refractivity contribution in [3.05, 3.63) is 59.5 Å². The Hall–Kier alpha value is -2.96. The van der Waals surface area contributed by atoms with Gasteiger partial charge in [0.25, 0.3) is 0 Å². The van der Waals surface area contributed by atoms with Gasteiger partial charge in [-0.15, -0.1) is 0 Å². The van der Waals surface area contributed by atoms with Crippen LogP contribution in [0.15, 0.2) is 42.6 Å². The van der Waals surface area contributed by atoms with E-state index in [0.717, 1.165) is 6.07 Å². The number of carboxylic acids is 1. The zero-order valence-electron chi connectivity index (χ0n) is 12.4. The van der Waals surface area contributed by atoms with E-state index >= 15 is 0 Å². The molecule has 7 heteroatoms. The van der Waals surface area contributed by atoms with Crippen molar-refractivity contribution < 1.29 is 23.1 Å². The topological polar surface area (TPSA) is 63.1 Å². The van der Waals surface area contributed by atoms with Crippen LogP contribution in [-0.4, -0.2) is 21.0 Å². The van der Waals surface area contributed by atoms with Crippen molar-refractivity contribution in [3.63, 3.8) is 0 Å². The predicted octanol–water partition coefficient (Wildman–Crippen LogP) is 4.32. The van der Waals surface area contributed by atoms with Crippen LogP contribution in [0.3, 0.4) is 0 Å². The number of carboxylic acid groups (broad SMARTS) is 1. The number of fused-ring (bicyclic) bond motifs is 1. The number of aromatic carboxylic acids is 1. The molecule has 1 N–H and O–H groups in total. The van der Waals surface area contributed by atoms with Gasteiger partial charge in [0.05, 0.1) is 16.6 Å². The lowest BCUT2D eigenvalue weighted by Gasteiger charge is -2.18. The zero-order valence-corrected chi connectivity index (χ0v) is 12.4. The van der Waals surface area contributed by atoms with Crippen LogP contribution in [-0.2, 0) is 6.18 Å². The van der Waals surface area contributed by atoms with Gasteiger partial charge in [-0.05, 0) is 18.6 Å². The van der Waals surface area contributed by atoms with Crippen molar-refractivity contribution in [3.8, 4) is 11.1 Å². The van der Waals surface area contributed by atoms with Crippen LogP contribution < -0.4 is 0 Å². The summed E-state index contributed by atoms with van der Waals surface area (Å²) in [5, 5.41) is 9.51. The second-order valence-corrected chi connectivity index (χ2v) is 5.20. The molecule has 0 aliphatic carbocycles. The van der Waals surface area contributed by atoms with E-state index < -0.39 is 23.3 Å². The summed E-state index contributed by atoms with van der Waals surface area (Å²) in [6.07, 6.45) is -3.51. The largest absolute Gasteiger partial charge is 0.478 e. The zero-order chi connectivity index (χ0) is 17.5. The molecule has 0 bridgehead atoms. The molecule has 0 radical (unpaired) electrons. The molecule has 0 atom stereocenters. The second kappa shape index (κ2) is 5.59. The normalized spacial score (nSPS) is 11.7. The van der Waals surface area contributed by atoms with E-state index in [2.05, 4.69) is 9.97 Å². The van der Waals surface area contributed by atoms with Crippen LogP contribution in [0.1, 0.15) is 21.7 Å². The first kappa shape index (κ1) is 15.9. The summed E-state index contributed by atoms with van der Waals surface area (Å²) in [5.74, 6) is -1.35. The highest BCUT2D eigenvalue weighted by atomic mass is 19.4. The molecule has 24 heavy (non-hydrogen) atoms. The quantitative estimate of drug-likeness (QED) is 0.759. The molecule has 4 nitrogen and oxygen atoms in total. The van der Waals surface area contributed by atoms with Gasteiger partial charge in [0, 0.05) is 17.1 Å². The average molecular weight is 332 g/mol. The molecule has 1 aromatic heterocycles. The molecule has 3 aromatic rings. The lowest BCUT2D eigenvalue weighted by Crippen LogP contribution is -2.15. The third-order valence-electron chi connectivity index (χ3n) is 3.57. The van der Waals surface area contributed by atoms with Gasteiger partial charge in [0.2, 0.25) is 0 Å². The number of aryl methyl sites for hydroxylation is 1. The Morgan fingerprint density at radius 1 is 1.17 bits per heavy atom. The first-order valence-electron chi connectivity index (χ1n) is 6.95. The average Bonchev–Trinajstić information content (AvgIpc) is 2.52. The number of nitrogens with zero attached hydrogens (tertiary/aromatic N) is 2. The van der Waals surface area contributed by atoms with E-state index in [0.29, 0.717) is 5.82 Å². The molecule has 0 unspecified atom stereocenters. The number of hydrogen-bond donors (Lipinski definition) is 1. The predicted molar refractivity (Wildman–Crippen MR) is 81.7 cm³/mol. The Bertz CT molecular complexity index is 938. The Morgan fingerprint density at radius 3 is 2.42 bits per heavy atom.